The van der Waals surface area contributed by atoms with Crippen LogP contribution in [0.4, 0.5) is 5.69 Å². The number of benzene rings is 2. The van der Waals surface area contributed by atoms with E-state index < -0.39 is 0 Å². The molecule has 2 unspecified atom stereocenters. The SMILES string of the molecule is CN=C(NCc1cccc(NC(=O)C2CCCO2)c1)NCC(C)COCc1ccccc1.I. The Labute approximate surface area is 213 Å². The van der Waals surface area contributed by atoms with E-state index in [1.165, 1.54) is 5.56 Å². The quantitative estimate of drug-likeness (QED) is 0.231. The van der Waals surface area contributed by atoms with Gasteiger partial charge in [-0.1, -0.05) is 49.4 Å². The summed E-state index contributed by atoms with van der Waals surface area (Å²) in [5.74, 6) is 0.996. The number of aliphatic imine (C=N–C) groups is 1. The van der Waals surface area contributed by atoms with Crippen molar-refractivity contribution in [2.45, 2.75) is 39.0 Å². The Hall–Kier alpha value is -2.17. The molecule has 0 aromatic heterocycles. The standard InChI is InChI=1S/C25H34N4O3.HI/c1-19(17-31-18-20-8-4-3-5-9-20)15-27-25(26-2)28-16-21-10-6-11-22(14-21)29-24(30)23-12-7-13-32-23;/h3-6,8-11,14,19,23H,7,12-13,15-18H2,1-2H3,(H,29,30)(H2,26,27,28);1H. The summed E-state index contributed by atoms with van der Waals surface area (Å²) < 4.78 is 11.3. The molecule has 0 radical (unpaired) electrons. The lowest BCUT2D eigenvalue weighted by Gasteiger charge is -2.17. The van der Waals surface area contributed by atoms with Gasteiger partial charge in [0, 0.05) is 32.4 Å². The van der Waals surface area contributed by atoms with Crippen LogP contribution in [0.3, 0.4) is 0 Å². The van der Waals surface area contributed by atoms with Gasteiger partial charge >= 0.3 is 0 Å². The van der Waals surface area contributed by atoms with Crippen LogP contribution in [-0.4, -0.2) is 44.8 Å². The van der Waals surface area contributed by atoms with E-state index in [-0.39, 0.29) is 36.0 Å². The number of nitrogens with one attached hydrogen (secondary N) is 3. The smallest absolute Gasteiger partial charge is 0.253 e. The number of rotatable bonds is 10. The van der Waals surface area contributed by atoms with E-state index in [9.17, 15) is 4.79 Å². The van der Waals surface area contributed by atoms with E-state index in [4.69, 9.17) is 9.47 Å². The van der Waals surface area contributed by atoms with E-state index in [0.717, 1.165) is 36.6 Å². The summed E-state index contributed by atoms with van der Waals surface area (Å²) in [7, 11) is 1.75. The van der Waals surface area contributed by atoms with Crippen molar-refractivity contribution in [3.8, 4) is 0 Å². The third-order valence-corrected chi connectivity index (χ3v) is 5.23. The highest BCUT2D eigenvalue weighted by Gasteiger charge is 2.23. The maximum absolute atomic E-state index is 12.3. The number of amides is 1. The van der Waals surface area contributed by atoms with Crippen LogP contribution < -0.4 is 16.0 Å². The van der Waals surface area contributed by atoms with Gasteiger partial charge in [0.05, 0.1) is 13.2 Å². The average Bonchev–Trinajstić information content (AvgIpc) is 3.35. The molecule has 2 atom stereocenters. The van der Waals surface area contributed by atoms with Crippen molar-refractivity contribution in [3.63, 3.8) is 0 Å². The maximum atomic E-state index is 12.3. The Balaban J connectivity index is 0.00000385. The van der Waals surface area contributed by atoms with Gasteiger partial charge < -0.3 is 25.4 Å². The van der Waals surface area contributed by atoms with Crippen molar-refractivity contribution in [2.24, 2.45) is 10.9 Å². The molecule has 3 rings (SSSR count). The van der Waals surface area contributed by atoms with Gasteiger partial charge in [0.2, 0.25) is 0 Å². The predicted molar refractivity (Wildman–Crippen MR) is 143 cm³/mol. The molecule has 1 aliphatic rings. The first-order valence-electron chi connectivity index (χ1n) is 11.2. The Bertz CT molecular complexity index is 873. The zero-order valence-corrected chi connectivity index (χ0v) is 21.7. The van der Waals surface area contributed by atoms with Crippen LogP contribution in [0.25, 0.3) is 0 Å². The second-order valence-electron chi connectivity index (χ2n) is 8.10. The second-order valence-corrected chi connectivity index (χ2v) is 8.10. The third kappa shape index (κ3) is 9.69. The van der Waals surface area contributed by atoms with Crippen molar-refractivity contribution in [1.29, 1.82) is 0 Å². The summed E-state index contributed by atoms with van der Waals surface area (Å²) in [5, 5.41) is 9.61. The lowest BCUT2D eigenvalue weighted by Crippen LogP contribution is -2.39. The highest BCUT2D eigenvalue weighted by molar-refractivity contribution is 14.0. The lowest BCUT2D eigenvalue weighted by molar-refractivity contribution is -0.124. The highest BCUT2D eigenvalue weighted by Crippen LogP contribution is 2.16. The van der Waals surface area contributed by atoms with Gasteiger partial charge in [0.25, 0.3) is 5.91 Å². The van der Waals surface area contributed by atoms with Crippen molar-refractivity contribution >= 4 is 41.5 Å². The van der Waals surface area contributed by atoms with Gasteiger partial charge in [0.1, 0.15) is 6.10 Å². The molecule has 2 aromatic rings. The maximum Gasteiger partial charge on any atom is 0.253 e. The predicted octanol–water partition coefficient (Wildman–Crippen LogP) is 3.94. The molecule has 1 heterocycles. The monoisotopic (exact) mass is 566 g/mol. The number of hydrogen-bond acceptors (Lipinski definition) is 4. The Kier molecular flexibility index (Phi) is 12.2. The largest absolute Gasteiger partial charge is 0.376 e. The summed E-state index contributed by atoms with van der Waals surface area (Å²) >= 11 is 0. The fourth-order valence-corrected chi connectivity index (χ4v) is 3.45. The first kappa shape index (κ1) is 27.1. The third-order valence-electron chi connectivity index (χ3n) is 5.23. The van der Waals surface area contributed by atoms with Gasteiger partial charge in [-0.3, -0.25) is 9.79 Å². The molecule has 1 aliphatic heterocycles. The molecule has 3 N–H and O–H groups in total. The zero-order chi connectivity index (χ0) is 22.6. The minimum Gasteiger partial charge on any atom is -0.376 e. The van der Waals surface area contributed by atoms with Crippen molar-refractivity contribution < 1.29 is 14.3 Å². The van der Waals surface area contributed by atoms with Crippen LogP contribution >= 0.6 is 24.0 Å². The number of ether oxygens (including phenoxy) is 2. The van der Waals surface area contributed by atoms with Gasteiger partial charge in [-0.15, -0.1) is 24.0 Å². The second kappa shape index (κ2) is 14.9. The molecule has 8 heteroatoms. The summed E-state index contributed by atoms with van der Waals surface area (Å²) in [6, 6.07) is 18.0. The number of halogens is 1. The van der Waals surface area contributed by atoms with E-state index >= 15 is 0 Å². The lowest BCUT2D eigenvalue weighted by atomic mass is 10.2. The van der Waals surface area contributed by atoms with Crippen LogP contribution in [0.2, 0.25) is 0 Å². The van der Waals surface area contributed by atoms with Gasteiger partial charge in [-0.25, -0.2) is 0 Å². The van der Waals surface area contributed by atoms with E-state index in [1.807, 2.05) is 42.5 Å². The molecule has 1 amide bonds. The molecular weight excluding hydrogens is 531 g/mol. The molecule has 33 heavy (non-hydrogen) atoms. The van der Waals surface area contributed by atoms with E-state index in [1.54, 1.807) is 7.05 Å². The summed E-state index contributed by atoms with van der Waals surface area (Å²) in [4.78, 5) is 16.5. The summed E-state index contributed by atoms with van der Waals surface area (Å²) in [6.07, 6.45) is 1.38. The average molecular weight is 566 g/mol. The fraction of sp³-hybridized carbons (Fsp3) is 0.440. The van der Waals surface area contributed by atoms with Gasteiger partial charge in [0.15, 0.2) is 5.96 Å². The molecule has 0 spiro atoms. The zero-order valence-electron chi connectivity index (χ0n) is 19.4. The van der Waals surface area contributed by atoms with Crippen molar-refractivity contribution in [1.82, 2.24) is 10.6 Å². The Morgan fingerprint density at radius 2 is 1.94 bits per heavy atom. The van der Waals surface area contributed by atoms with Gasteiger partial charge in [-0.05, 0) is 42.0 Å². The molecule has 1 fully saturated rings. The van der Waals surface area contributed by atoms with E-state index in [2.05, 4.69) is 40.0 Å². The normalized spacial score (nSPS) is 16.5. The molecule has 7 nitrogen and oxygen atoms in total. The minimum atomic E-state index is -0.335. The Morgan fingerprint density at radius 1 is 1.15 bits per heavy atom. The van der Waals surface area contributed by atoms with Crippen LogP contribution in [0, 0.1) is 5.92 Å². The van der Waals surface area contributed by atoms with Gasteiger partial charge in [-0.2, -0.15) is 0 Å². The van der Waals surface area contributed by atoms with Crippen LogP contribution in [0.1, 0.15) is 30.9 Å². The molecule has 1 saturated heterocycles. The molecule has 2 aromatic carbocycles. The van der Waals surface area contributed by atoms with E-state index in [0.29, 0.717) is 32.3 Å². The molecule has 0 saturated carbocycles. The van der Waals surface area contributed by atoms with Crippen molar-refractivity contribution in [2.75, 3.05) is 32.1 Å². The molecule has 0 bridgehead atoms. The molecule has 0 aliphatic carbocycles. The molecule has 180 valence electrons. The first-order chi connectivity index (χ1) is 15.6. The first-order valence-corrected chi connectivity index (χ1v) is 11.2. The Morgan fingerprint density at radius 3 is 2.67 bits per heavy atom. The summed E-state index contributed by atoms with van der Waals surface area (Å²) in [5.41, 5.74) is 3.01. The van der Waals surface area contributed by atoms with Crippen LogP contribution in [-0.2, 0) is 27.4 Å². The number of carbonyl (C=O) groups excluding carboxylic acids is 1. The topological polar surface area (TPSA) is 84.0 Å². The molecular formula is C25H35IN4O3. The number of nitrogens with zero attached hydrogens (tertiary/aromatic N) is 1. The highest BCUT2D eigenvalue weighted by atomic mass is 127. The number of anilines is 1. The summed E-state index contributed by atoms with van der Waals surface area (Å²) in [6.45, 7) is 5.45. The number of guanidine groups is 1. The fourth-order valence-electron chi connectivity index (χ4n) is 3.45. The van der Waals surface area contributed by atoms with Crippen LogP contribution in [0.15, 0.2) is 59.6 Å². The van der Waals surface area contributed by atoms with Crippen molar-refractivity contribution in [3.05, 3.63) is 65.7 Å². The number of carbonyl (C=O) groups is 1. The van der Waals surface area contributed by atoms with Crippen LogP contribution in [0.5, 0.6) is 0 Å². The number of hydrogen-bond donors (Lipinski definition) is 3. The minimum absolute atomic E-state index is 0.